The van der Waals surface area contributed by atoms with Gasteiger partial charge in [0.1, 0.15) is 0 Å². The largest absolute Gasteiger partial charge is 0.379 e. The van der Waals surface area contributed by atoms with Crippen LogP contribution >= 0.6 is 0 Å². The summed E-state index contributed by atoms with van der Waals surface area (Å²) in [6, 6.07) is 2.17. The van der Waals surface area contributed by atoms with E-state index in [1.54, 1.807) is 0 Å². The fourth-order valence-electron chi connectivity index (χ4n) is 1.59. The summed E-state index contributed by atoms with van der Waals surface area (Å²) in [5.74, 6) is 0.612. The van der Waals surface area contributed by atoms with Crippen molar-refractivity contribution in [1.82, 2.24) is 9.88 Å². The molecular weight excluding hydrogens is 224 g/mol. The van der Waals surface area contributed by atoms with Gasteiger partial charge in [-0.15, -0.1) is 0 Å². The second-order valence-corrected chi connectivity index (χ2v) is 6.33. The van der Waals surface area contributed by atoms with Crippen molar-refractivity contribution < 1.29 is 4.74 Å². The summed E-state index contributed by atoms with van der Waals surface area (Å²) in [4.78, 5) is 0. The first-order valence-electron chi connectivity index (χ1n) is 6.84. The molecule has 3 heteroatoms. The standard InChI is InChI=1S/C15H28N2O/c1-13(2)12-18-9-8-17-7-6-14(11-17)10-16-15(3,4)5/h6-7,11,13,16H,8-10,12H2,1-5H3. The van der Waals surface area contributed by atoms with Crippen LogP contribution in [0.2, 0.25) is 0 Å². The highest BCUT2D eigenvalue weighted by Gasteiger charge is 2.08. The zero-order chi connectivity index (χ0) is 13.6. The Morgan fingerprint density at radius 3 is 2.67 bits per heavy atom. The fraction of sp³-hybridized carbons (Fsp3) is 0.733. The van der Waals surface area contributed by atoms with Crippen LogP contribution in [0.15, 0.2) is 18.5 Å². The van der Waals surface area contributed by atoms with E-state index in [0.29, 0.717) is 5.92 Å². The summed E-state index contributed by atoms with van der Waals surface area (Å²) >= 11 is 0. The van der Waals surface area contributed by atoms with Crippen molar-refractivity contribution in [3.05, 3.63) is 24.0 Å². The average Bonchev–Trinajstić information content (AvgIpc) is 2.68. The summed E-state index contributed by atoms with van der Waals surface area (Å²) in [7, 11) is 0. The van der Waals surface area contributed by atoms with Gasteiger partial charge in [0.05, 0.1) is 6.61 Å². The Kier molecular flexibility index (Phi) is 5.89. The number of hydrogen-bond donors (Lipinski definition) is 1. The molecule has 0 aromatic carbocycles. The Balaban J connectivity index is 2.26. The van der Waals surface area contributed by atoms with Crippen molar-refractivity contribution in [1.29, 1.82) is 0 Å². The molecule has 0 aliphatic heterocycles. The molecule has 1 rings (SSSR count). The molecule has 3 nitrogen and oxygen atoms in total. The molecule has 0 fully saturated rings. The normalized spacial score (nSPS) is 12.3. The van der Waals surface area contributed by atoms with E-state index in [0.717, 1.165) is 26.3 Å². The number of hydrogen-bond acceptors (Lipinski definition) is 2. The number of nitrogens with one attached hydrogen (secondary N) is 1. The van der Waals surface area contributed by atoms with E-state index in [1.807, 2.05) is 0 Å². The van der Waals surface area contributed by atoms with E-state index in [9.17, 15) is 0 Å². The Morgan fingerprint density at radius 1 is 1.33 bits per heavy atom. The number of aromatic nitrogens is 1. The molecule has 1 heterocycles. The minimum Gasteiger partial charge on any atom is -0.379 e. The second kappa shape index (κ2) is 6.95. The lowest BCUT2D eigenvalue weighted by Crippen LogP contribution is -2.34. The van der Waals surface area contributed by atoms with Gasteiger partial charge in [-0.25, -0.2) is 0 Å². The first-order chi connectivity index (χ1) is 8.37. The lowest BCUT2D eigenvalue weighted by atomic mass is 10.1. The van der Waals surface area contributed by atoms with Crippen LogP contribution in [0.25, 0.3) is 0 Å². The van der Waals surface area contributed by atoms with Gasteiger partial charge in [-0.05, 0) is 38.3 Å². The van der Waals surface area contributed by atoms with E-state index < -0.39 is 0 Å². The smallest absolute Gasteiger partial charge is 0.0645 e. The third-order valence-corrected chi connectivity index (χ3v) is 2.58. The molecule has 1 N–H and O–H groups in total. The fourth-order valence-corrected chi connectivity index (χ4v) is 1.59. The van der Waals surface area contributed by atoms with Gasteiger partial charge in [0.25, 0.3) is 0 Å². The highest BCUT2D eigenvalue weighted by Crippen LogP contribution is 2.05. The molecule has 1 aromatic rings. The van der Waals surface area contributed by atoms with Gasteiger partial charge in [0, 0.05) is 37.6 Å². The number of ether oxygens (including phenoxy) is 1. The van der Waals surface area contributed by atoms with Crippen LogP contribution in [0.4, 0.5) is 0 Å². The van der Waals surface area contributed by atoms with E-state index in [4.69, 9.17) is 4.74 Å². The third-order valence-electron chi connectivity index (χ3n) is 2.58. The summed E-state index contributed by atoms with van der Waals surface area (Å²) in [5.41, 5.74) is 1.50. The maximum absolute atomic E-state index is 5.59. The molecule has 0 bridgehead atoms. The third kappa shape index (κ3) is 6.82. The first-order valence-corrected chi connectivity index (χ1v) is 6.84. The van der Waals surface area contributed by atoms with Crippen molar-refractivity contribution in [2.75, 3.05) is 13.2 Å². The molecule has 104 valence electrons. The minimum absolute atomic E-state index is 0.169. The molecule has 0 atom stereocenters. The van der Waals surface area contributed by atoms with Gasteiger partial charge in [-0.3, -0.25) is 0 Å². The maximum atomic E-state index is 5.59. The van der Waals surface area contributed by atoms with E-state index >= 15 is 0 Å². The SMILES string of the molecule is CC(C)COCCn1ccc(CNC(C)(C)C)c1. The molecule has 0 saturated heterocycles. The van der Waals surface area contributed by atoms with Gasteiger partial charge in [-0.2, -0.15) is 0 Å². The summed E-state index contributed by atoms with van der Waals surface area (Å²) in [6.07, 6.45) is 4.32. The van der Waals surface area contributed by atoms with Crippen molar-refractivity contribution in [3.8, 4) is 0 Å². The molecule has 18 heavy (non-hydrogen) atoms. The van der Waals surface area contributed by atoms with Crippen LogP contribution < -0.4 is 5.32 Å². The molecule has 0 aliphatic rings. The molecule has 0 spiro atoms. The number of nitrogens with zero attached hydrogens (tertiary/aromatic N) is 1. The molecule has 1 aromatic heterocycles. The Hall–Kier alpha value is -0.800. The highest BCUT2D eigenvalue weighted by atomic mass is 16.5. The first kappa shape index (κ1) is 15.3. The monoisotopic (exact) mass is 252 g/mol. The predicted octanol–water partition coefficient (Wildman–Crippen LogP) is 3.05. The van der Waals surface area contributed by atoms with Gasteiger partial charge in [0.2, 0.25) is 0 Å². The predicted molar refractivity (Wildman–Crippen MR) is 76.7 cm³/mol. The molecule has 0 aliphatic carbocycles. The zero-order valence-electron chi connectivity index (χ0n) is 12.5. The maximum Gasteiger partial charge on any atom is 0.0645 e. The van der Waals surface area contributed by atoms with Crippen LogP contribution in [0.5, 0.6) is 0 Å². The van der Waals surface area contributed by atoms with Crippen LogP contribution in [0.1, 0.15) is 40.2 Å². The molecule has 0 amide bonds. The quantitative estimate of drug-likeness (QED) is 0.755. The van der Waals surface area contributed by atoms with Crippen molar-refractivity contribution in [2.24, 2.45) is 5.92 Å². The summed E-state index contributed by atoms with van der Waals surface area (Å²) < 4.78 is 7.78. The van der Waals surface area contributed by atoms with Crippen LogP contribution in [0.3, 0.4) is 0 Å². The Bertz CT molecular complexity index is 337. The minimum atomic E-state index is 0.169. The summed E-state index contributed by atoms with van der Waals surface area (Å²) in [5, 5.41) is 3.49. The van der Waals surface area contributed by atoms with Crippen molar-refractivity contribution in [2.45, 2.75) is 53.2 Å². The van der Waals surface area contributed by atoms with Gasteiger partial charge in [0.15, 0.2) is 0 Å². The average molecular weight is 252 g/mol. The van der Waals surface area contributed by atoms with Gasteiger partial charge < -0.3 is 14.6 Å². The van der Waals surface area contributed by atoms with Crippen molar-refractivity contribution >= 4 is 0 Å². The Morgan fingerprint density at radius 2 is 2.06 bits per heavy atom. The molecule has 0 radical (unpaired) electrons. The Labute approximate surface area is 112 Å². The molecule has 0 saturated carbocycles. The highest BCUT2D eigenvalue weighted by molar-refractivity contribution is 5.10. The summed E-state index contributed by atoms with van der Waals surface area (Å²) in [6.45, 7) is 14.4. The molecule has 0 unspecified atom stereocenters. The van der Waals surface area contributed by atoms with Gasteiger partial charge >= 0.3 is 0 Å². The lowest BCUT2D eigenvalue weighted by molar-refractivity contribution is 0.103. The molecular formula is C15H28N2O. The zero-order valence-corrected chi connectivity index (χ0v) is 12.5. The van der Waals surface area contributed by atoms with E-state index in [-0.39, 0.29) is 5.54 Å². The van der Waals surface area contributed by atoms with Gasteiger partial charge in [-0.1, -0.05) is 13.8 Å². The lowest BCUT2D eigenvalue weighted by Gasteiger charge is -2.19. The second-order valence-electron chi connectivity index (χ2n) is 6.33. The topological polar surface area (TPSA) is 26.2 Å². The van der Waals surface area contributed by atoms with Crippen molar-refractivity contribution in [3.63, 3.8) is 0 Å². The van der Waals surface area contributed by atoms with E-state index in [1.165, 1.54) is 5.56 Å². The number of rotatable bonds is 7. The van der Waals surface area contributed by atoms with Crippen LogP contribution in [-0.4, -0.2) is 23.3 Å². The van der Waals surface area contributed by atoms with E-state index in [2.05, 4.69) is 63.0 Å². The van der Waals surface area contributed by atoms with Crippen LogP contribution in [-0.2, 0) is 17.8 Å². The van der Waals surface area contributed by atoms with Crippen LogP contribution in [0, 0.1) is 5.92 Å².